The van der Waals surface area contributed by atoms with Gasteiger partial charge in [0.05, 0.1) is 12.5 Å². The minimum absolute atomic E-state index is 0.117. The number of rotatable bonds is 3. The molecule has 0 radical (unpaired) electrons. The highest BCUT2D eigenvalue weighted by atomic mass is 35.5. The summed E-state index contributed by atoms with van der Waals surface area (Å²) in [5.74, 6) is 0.729. The lowest BCUT2D eigenvalue weighted by atomic mass is 10.2. The SMILES string of the molecule is CC(CC#N)N(C)c1ccnc(Cl)n1. The topological polar surface area (TPSA) is 52.8 Å². The van der Waals surface area contributed by atoms with Gasteiger partial charge in [0.15, 0.2) is 0 Å². The van der Waals surface area contributed by atoms with Gasteiger partial charge < -0.3 is 4.90 Å². The first kappa shape index (κ1) is 10.7. The Labute approximate surface area is 88.2 Å². The van der Waals surface area contributed by atoms with Gasteiger partial charge in [-0.05, 0) is 24.6 Å². The highest BCUT2D eigenvalue weighted by molar-refractivity contribution is 6.28. The maximum Gasteiger partial charge on any atom is 0.224 e. The first-order valence-corrected chi connectivity index (χ1v) is 4.61. The lowest BCUT2D eigenvalue weighted by Gasteiger charge is -2.23. The van der Waals surface area contributed by atoms with Crippen molar-refractivity contribution < 1.29 is 0 Å². The van der Waals surface area contributed by atoms with Crippen LogP contribution in [0.4, 0.5) is 5.82 Å². The van der Waals surface area contributed by atoms with Crippen LogP contribution in [-0.2, 0) is 0 Å². The van der Waals surface area contributed by atoms with Crippen molar-refractivity contribution in [1.82, 2.24) is 9.97 Å². The number of nitrogens with zero attached hydrogens (tertiary/aromatic N) is 4. The van der Waals surface area contributed by atoms with Crippen LogP contribution in [0.25, 0.3) is 0 Å². The Morgan fingerprint density at radius 2 is 2.43 bits per heavy atom. The molecule has 0 saturated heterocycles. The van der Waals surface area contributed by atoms with E-state index < -0.39 is 0 Å². The molecule has 5 heteroatoms. The minimum atomic E-state index is 0.117. The average Bonchev–Trinajstić information content (AvgIpc) is 2.17. The zero-order chi connectivity index (χ0) is 10.6. The van der Waals surface area contributed by atoms with Gasteiger partial charge in [-0.2, -0.15) is 5.26 Å². The van der Waals surface area contributed by atoms with Crippen molar-refractivity contribution in [1.29, 1.82) is 5.26 Å². The Morgan fingerprint density at radius 1 is 1.71 bits per heavy atom. The Hall–Kier alpha value is -1.34. The Morgan fingerprint density at radius 3 is 3.00 bits per heavy atom. The number of hydrogen-bond donors (Lipinski definition) is 0. The largest absolute Gasteiger partial charge is 0.356 e. The van der Waals surface area contributed by atoms with E-state index in [1.54, 1.807) is 12.3 Å². The zero-order valence-electron chi connectivity index (χ0n) is 8.11. The minimum Gasteiger partial charge on any atom is -0.356 e. The molecule has 0 aliphatic heterocycles. The molecule has 14 heavy (non-hydrogen) atoms. The van der Waals surface area contributed by atoms with Gasteiger partial charge in [-0.25, -0.2) is 9.97 Å². The van der Waals surface area contributed by atoms with Crippen LogP contribution >= 0.6 is 11.6 Å². The molecule has 1 heterocycles. The molecule has 0 aliphatic rings. The fourth-order valence-corrected chi connectivity index (χ4v) is 1.16. The van der Waals surface area contributed by atoms with E-state index in [0.29, 0.717) is 6.42 Å². The number of hydrogen-bond acceptors (Lipinski definition) is 4. The second-order valence-electron chi connectivity index (χ2n) is 3.01. The molecule has 4 nitrogen and oxygen atoms in total. The molecular formula is C9H11ClN4. The van der Waals surface area contributed by atoms with Crippen molar-refractivity contribution in [3.8, 4) is 6.07 Å². The smallest absolute Gasteiger partial charge is 0.224 e. The highest BCUT2D eigenvalue weighted by Crippen LogP contribution is 2.14. The van der Waals surface area contributed by atoms with Crippen LogP contribution in [0.1, 0.15) is 13.3 Å². The van der Waals surface area contributed by atoms with E-state index in [1.807, 2.05) is 18.9 Å². The normalized spacial score (nSPS) is 11.9. The molecule has 0 saturated carbocycles. The van der Waals surface area contributed by atoms with Crippen molar-refractivity contribution in [2.75, 3.05) is 11.9 Å². The third-order valence-electron chi connectivity index (χ3n) is 2.02. The van der Waals surface area contributed by atoms with E-state index in [4.69, 9.17) is 16.9 Å². The van der Waals surface area contributed by atoms with Gasteiger partial charge in [-0.1, -0.05) is 0 Å². The van der Waals surface area contributed by atoms with Gasteiger partial charge in [-0.3, -0.25) is 0 Å². The molecule has 0 aliphatic carbocycles. The lowest BCUT2D eigenvalue weighted by molar-refractivity contribution is 0.693. The van der Waals surface area contributed by atoms with Gasteiger partial charge in [0.2, 0.25) is 5.28 Å². The van der Waals surface area contributed by atoms with Gasteiger partial charge in [-0.15, -0.1) is 0 Å². The van der Waals surface area contributed by atoms with Crippen LogP contribution in [0.2, 0.25) is 5.28 Å². The molecule has 0 bridgehead atoms. The molecule has 0 amide bonds. The monoisotopic (exact) mass is 210 g/mol. The summed E-state index contributed by atoms with van der Waals surface area (Å²) < 4.78 is 0. The molecule has 74 valence electrons. The van der Waals surface area contributed by atoms with Crippen molar-refractivity contribution in [3.05, 3.63) is 17.5 Å². The predicted octanol–water partition coefficient (Wildman–Crippen LogP) is 1.87. The molecule has 1 unspecified atom stereocenters. The fraction of sp³-hybridized carbons (Fsp3) is 0.444. The predicted molar refractivity (Wildman–Crippen MR) is 55.1 cm³/mol. The van der Waals surface area contributed by atoms with Crippen molar-refractivity contribution in [3.63, 3.8) is 0 Å². The van der Waals surface area contributed by atoms with Crippen LogP contribution in [0, 0.1) is 11.3 Å². The summed E-state index contributed by atoms with van der Waals surface area (Å²) in [5.41, 5.74) is 0. The molecule has 0 fully saturated rings. The lowest BCUT2D eigenvalue weighted by Crippen LogP contribution is -2.29. The third kappa shape index (κ3) is 2.57. The molecule has 1 rings (SSSR count). The van der Waals surface area contributed by atoms with Crippen LogP contribution < -0.4 is 4.90 Å². The summed E-state index contributed by atoms with van der Waals surface area (Å²) in [5, 5.41) is 8.77. The molecule has 0 aromatic carbocycles. The molecule has 1 aromatic heterocycles. The second kappa shape index (κ2) is 4.77. The number of aromatic nitrogens is 2. The van der Waals surface area contributed by atoms with Crippen LogP contribution in [0.3, 0.4) is 0 Å². The van der Waals surface area contributed by atoms with Crippen LogP contribution in [-0.4, -0.2) is 23.1 Å². The van der Waals surface area contributed by atoms with Crippen molar-refractivity contribution in [2.24, 2.45) is 0 Å². The quantitative estimate of drug-likeness (QED) is 0.715. The van der Waals surface area contributed by atoms with Crippen molar-refractivity contribution >= 4 is 17.4 Å². The zero-order valence-corrected chi connectivity index (χ0v) is 8.86. The standard InChI is InChI=1S/C9H11ClN4/c1-7(3-5-11)14(2)8-4-6-12-9(10)13-8/h4,6-7H,3H2,1-2H3. The molecule has 0 N–H and O–H groups in total. The highest BCUT2D eigenvalue weighted by Gasteiger charge is 2.10. The second-order valence-corrected chi connectivity index (χ2v) is 3.34. The fourth-order valence-electron chi connectivity index (χ4n) is 1.02. The van der Waals surface area contributed by atoms with Crippen molar-refractivity contribution in [2.45, 2.75) is 19.4 Å². The van der Waals surface area contributed by atoms with Gasteiger partial charge in [0.1, 0.15) is 5.82 Å². The molecule has 0 spiro atoms. The Kier molecular flexibility index (Phi) is 3.66. The summed E-state index contributed by atoms with van der Waals surface area (Å²) in [7, 11) is 1.88. The summed E-state index contributed by atoms with van der Waals surface area (Å²) in [6.45, 7) is 1.96. The van der Waals surface area contributed by atoms with E-state index in [-0.39, 0.29) is 11.3 Å². The van der Waals surface area contributed by atoms with Gasteiger partial charge in [0.25, 0.3) is 0 Å². The van der Waals surface area contributed by atoms with Crippen LogP contribution in [0.15, 0.2) is 12.3 Å². The summed E-state index contributed by atoms with van der Waals surface area (Å²) in [6.07, 6.45) is 2.05. The summed E-state index contributed by atoms with van der Waals surface area (Å²) in [6, 6.07) is 3.99. The number of anilines is 1. The number of halogens is 1. The van der Waals surface area contributed by atoms with E-state index >= 15 is 0 Å². The summed E-state index contributed by atoms with van der Waals surface area (Å²) in [4.78, 5) is 9.74. The number of nitriles is 1. The van der Waals surface area contributed by atoms with Gasteiger partial charge >= 0.3 is 0 Å². The van der Waals surface area contributed by atoms with E-state index in [0.717, 1.165) is 5.82 Å². The third-order valence-corrected chi connectivity index (χ3v) is 2.20. The van der Waals surface area contributed by atoms with Gasteiger partial charge in [0, 0.05) is 19.3 Å². The average molecular weight is 211 g/mol. The molecule has 1 atom stereocenters. The molecule has 1 aromatic rings. The summed E-state index contributed by atoms with van der Waals surface area (Å²) >= 11 is 5.66. The first-order chi connectivity index (χ1) is 6.65. The maximum atomic E-state index is 8.55. The first-order valence-electron chi connectivity index (χ1n) is 4.23. The van der Waals surface area contributed by atoms with E-state index in [2.05, 4.69) is 16.0 Å². The van der Waals surface area contributed by atoms with Crippen LogP contribution in [0.5, 0.6) is 0 Å². The maximum absolute atomic E-state index is 8.55. The Bertz CT molecular complexity index is 347. The Balaban J connectivity index is 2.79. The van der Waals surface area contributed by atoms with E-state index in [1.165, 1.54) is 0 Å². The van der Waals surface area contributed by atoms with E-state index in [9.17, 15) is 0 Å². The molecular weight excluding hydrogens is 200 g/mol.